The summed E-state index contributed by atoms with van der Waals surface area (Å²) in [6.45, 7) is 5.78. The van der Waals surface area contributed by atoms with E-state index in [-0.39, 0.29) is 18.9 Å². The first-order valence-electron chi connectivity index (χ1n) is 10.9. The Bertz CT molecular complexity index is 1050. The quantitative estimate of drug-likeness (QED) is 0.616. The van der Waals surface area contributed by atoms with Crippen molar-refractivity contribution < 1.29 is 28.7 Å². The number of nitrogens with one attached hydrogen (secondary N) is 1. The predicted octanol–water partition coefficient (Wildman–Crippen LogP) is 3.41. The van der Waals surface area contributed by atoms with Crippen molar-refractivity contribution in [1.82, 2.24) is 0 Å². The zero-order chi connectivity index (χ0) is 24.0. The molecule has 0 aliphatic carbocycles. The summed E-state index contributed by atoms with van der Waals surface area (Å²) < 4.78 is 10.3. The summed E-state index contributed by atoms with van der Waals surface area (Å²) in [7, 11) is 0. The Morgan fingerprint density at radius 2 is 1.79 bits per heavy atom. The first-order chi connectivity index (χ1) is 15.8. The molecule has 0 bridgehead atoms. The number of nitrogens with zero attached hydrogens (tertiary/aromatic N) is 1. The summed E-state index contributed by atoms with van der Waals surface area (Å²) in [5, 5.41) is 2.74. The van der Waals surface area contributed by atoms with Crippen LogP contribution in [0.1, 0.15) is 41.3 Å². The molecule has 174 valence electrons. The molecular formula is C25H28N2O6. The molecule has 2 amide bonds. The van der Waals surface area contributed by atoms with Gasteiger partial charge in [-0.25, -0.2) is 4.79 Å². The molecule has 33 heavy (non-hydrogen) atoms. The molecule has 0 saturated carbocycles. The van der Waals surface area contributed by atoms with Gasteiger partial charge in [-0.3, -0.25) is 14.4 Å². The number of aryl methyl sites for hydroxylation is 2. The molecule has 2 aromatic carbocycles. The number of hydrogen-bond donors (Lipinski definition) is 1. The number of benzene rings is 2. The van der Waals surface area contributed by atoms with Crippen LogP contribution >= 0.6 is 0 Å². The zero-order valence-corrected chi connectivity index (χ0v) is 19.1. The molecule has 3 rings (SSSR count). The second-order valence-corrected chi connectivity index (χ2v) is 8.06. The third-order valence-electron chi connectivity index (χ3n) is 5.32. The molecular weight excluding hydrogens is 424 g/mol. The number of rotatable bonds is 8. The molecule has 1 atom stereocenters. The number of ether oxygens (including phenoxy) is 2. The minimum absolute atomic E-state index is 0.00225. The zero-order valence-electron chi connectivity index (χ0n) is 19.1. The van der Waals surface area contributed by atoms with E-state index in [0.717, 1.165) is 17.5 Å². The van der Waals surface area contributed by atoms with E-state index in [1.807, 2.05) is 39.0 Å². The summed E-state index contributed by atoms with van der Waals surface area (Å²) >= 11 is 0. The van der Waals surface area contributed by atoms with E-state index in [1.165, 1.54) is 4.90 Å². The third kappa shape index (κ3) is 6.19. The lowest BCUT2D eigenvalue weighted by Gasteiger charge is -2.17. The molecule has 8 nitrogen and oxygen atoms in total. The van der Waals surface area contributed by atoms with Gasteiger partial charge in [0.2, 0.25) is 5.91 Å². The van der Waals surface area contributed by atoms with Crippen molar-refractivity contribution in [2.24, 2.45) is 5.92 Å². The van der Waals surface area contributed by atoms with Crippen molar-refractivity contribution in [1.29, 1.82) is 0 Å². The van der Waals surface area contributed by atoms with Gasteiger partial charge >= 0.3 is 11.9 Å². The van der Waals surface area contributed by atoms with Crippen LogP contribution < -0.4 is 10.2 Å². The first kappa shape index (κ1) is 24.0. The molecule has 0 aromatic heterocycles. The van der Waals surface area contributed by atoms with Crippen LogP contribution in [0.3, 0.4) is 0 Å². The van der Waals surface area contributed by atoms with E-state index < -0.39 is 30.4 Å². The molecule has 0 unspecified atom stereocenters. The predicted molar refractivity (Wildman–Crippen MR) is 123 cm³/mol. The lowest BCUT2D eigenvalue weighted by molar-refractivity contribution is -0.151. The van der Waals surface area contributed by atoms with Gasteiger partial charge < -0.3 is 19.7 Å². The van der Waals surface area contributed by atoms with E-state index in [1.54, 1.807) is 24.3 Å². The maximum absolute atomic E-state index is 12.4. The second kappa shape index (κ2) is 10.8. The van der Waals surface area contributed by atoms with Crippen LogP contribution in [0.15, 0.2) is 42.5 Å². The Kier molecular flexibility index (Phi) is 7.82. The van der Waals surface area contributed by atoms with Gasteiger partial charge in [0.25, 0.3) is 5.91 Å². The van der Waals surface area contributed by atoms with Crippen molar-refractivity contribution in [3.63, 3.8) is 0 Å². The summed E-state index contributed by atoms with van der Waals surface area (Å²) in [4.78, 5) is 50.5. The van der Waals surface area contributed by atoms with Gasteiger partial charge in [-0.1, -0.05) is 19.1 Å². The van der Waals surface area contributed by atoms with Gasteiger partial charge in [-0.05, 0) is 61.7 Å². The van der Waals surface area contributed by atoms with Crippen LogP contribution in [0.2, 0.25) is 0 Å². The van der Waals surface area contributed by atoms with Crippen LogP contribution in [0.25, 0.3) is 0 Å². The van der Waals surface area contributed by atoms with Crippen LogP contribution in [0.4, 0.5) is 11.4 Å². The van der Waals surface area contributed by atoms with E-state index >= 15 is 0 Å². The fourth-order valence-corrected chi connectivity index (χ4v) is 3.48. The smallest absolute Gasteiger partial charge is 0.338 e. The molecule has 1 aliphatic rings. The highest BCUT2D eigenvalue weighted by atomic mass is 16.5. The summed E-state index contributed by atoms with van der Waals surface area (Å²) in [6, 6.07) is 12.2. The monoisotopic (exact) mass is 452 g/mol. The van der Waals surface area contributed by atoms with Crippen molar-refractivity contribution in [2.45, 2.75) is 33.6 Å². The highest BCUT2D eigenvalue weighted by molar-refractivity contribution is 6.00. The maximum Gasteiger partial charge on any atom is 0.338 e. The number of anilines is 2. The average Bonchev–Trinajstić information content (AvgIpc) is 3.20. The Hall–Kier alpha value is -3.68. The summed E-state index contributed by atoms with van der Waals surface area (Å²) in [6.07, 6.45) is 0.731. The average molecular weight is 453 g/mol. The Morgan fingerprint density at radius 1 is 1.06 bits per heavy atom. The topological polar surface area (TPSA) is 102 Å². The molecule has 0 spiro atoms. The van der Waals surface area contributed by atoms with Crippen molar-refractivity contribution in [2.75, 3.05) is 30.0 Å². The maximum atomic E-state index is 12.4. The Labute approximate surface area is 192 Å². The van der Waals surface area contributed by atoms with Crippen LogP contribution in [-0.2, 0) is 23.9 Å². The van der Waals surface area contributed by atoms with Gasteiger partial charge in [0.15, 0.2) is 6.61 Å². The molecule has 1 N–H and O–H groups in total. The number of carbonyl (C=O) groups is 4. The highest BCUT2D eigenvalue weighted by Crippen LogP contribution is 2.26. The minimum Gasteiger partial charge on any atom is -0.462 e. The van der Waals surface area contributed by atoms with Gasteiger partial charge in [0, 0.05) is 24.3 Å². The van der Waals surface area contributed by atoms with Gasteiger partial charge in [-0.15, -0.1) is 0 Å². The molecule has 0 radical (unpaired) electrons. The fraction of sp³-hybridized carbons (Fsp3) is 0.360. The molecule has 1 heterocycles. The van der Waals surface area contributed by atoms with Gasteiger partial charge in [0.05, 0.1) is 18.1 Å². The lowest BCUT2D eigenvalue weighted by Crippen LogP contribution is -2.28. The second-order valence-electron chi connectivity index (χ2n) is 8.06. The standard InChI is InChI=1S/C25H28N2O6/c1-4-11-32-24(30)18-7-9-20(10-8-18)27-14-19(13-23(27)29)25(31)33-15-22(28)26-21-12-16(2)5-6-17(21)3/h5-10,12,19H,4,11,13-15H2,1-3H3,(H,26,28)/t19-/m1/s1. The van der Waals surface area contributed by atoms with Gasteiger partial charge in [-0.2, -0.15) is 0 Å². The number of carbonyl (C=O) groups excluding carboxylic acids is 4. The Morgan fingerprint density at radius 3 is 2.48 bits per heavy atom. The summed E-state index contributed by atoms with van der Waals surface area (Å²) in [5.74, 6) is -2.35. The van der Waals surface area contributed by atoms with E-state index in [4.69, 9.17) is 9.47 Å². The third-order valence-corrected chi connectivity index (χ3v) is 5.32. The summed E-state index contributed by atoms with van der Waals surface area (Å²) in [5.41, 5.74) is 3.55. The van der Waals surface area contributed by atoms with Crippen molar-refractivity contribution in [3.05, 3.63) is 59.2 Å². The fourth-order valence-electron chi connectivity index (χ4n) is 3.48. The Balaban J connectivity index is 1.53. The van der Waals surface area contributed by atoms with Crippen molar-refractivity contribution >= 4 is 35.1 Å². The number of hydrogen-bond acceptors (Lipinski definition) is 6. The number of esters is 2. The van der Waals surface area contributed by atoms with Crippen molar-refractivity contribution in [3.8, 4) is 0 Å². The first-order valence-corrected chi connectivity index (χ1v) is 10.9. The van der Waals surface area contributed by atoms with Crippen LogP contribution in [0.5, 0.6) is 0 Å². The molecule has 1 saturated heterocycles. The van der Waals surface area contributed by atoms with Gasteiger partial charge in [0.1, 0.15) is 0 Å². The van der Waals surface area contributed by atoms with Crippen LogP contribution in [-0.4, -0.2) is 43.5 Å². The lowest BCUT2D eigenvalue weighted by atomic mass is 10.1. The van der Waals surface area contributed by atoms with E-state index in [2.05, 4.69) is 5.32 Å². The SMILES string of the molecule is CCCOC(=O)c1ccc(N2C[C@H](C(=O)OCC(=O)Nc3cc(C)ccc3C)CC2=O)cc1. The largest absolute Gasteiger partial charge is 0.462 e. The molecule has 8 heteroatoms. The van der Waals surface area contributed by atoms with Crippen LogP contribution in [0, 0.1) is 19.8 Å². The van der Waals surface area contributed by atoms with E-state index in [0.29, 0.717) is 23.5 Å². The van der Waals surface area contributed by atoms with E-state index in [9.17, 15) is 19.2 Å². The normalized spacial score (nSPS) is 15.3. The molecule has 1 fully saturated rings. The number of amides is 2. The highest BCUT2D eigenvalue weighted by Gasteiger charge is 2.36. The minimum atomic E-state index is -0.666. The molecule has 1 aliphatic heterocycles. The molecule has 2 aromatic rings.